The molecule has 2 atom stereocenters. The van der Waals surface area contributed by atoms with Crippen LogP contribution in [-0.2, 0) is 27.8 Å². The molecule has 0 saturated carbocycles. The first-order valence-electron chi connectivity index (χ1n) is 10.7. The molecule has 5 rings (SSSR count). The van der Waals surface area contributed by atoms with Gasteiger partial charge in [-0.1, -0.05) is 0 Å². The molecule has 3 aromatic rings. The zero-order valence-electron chi connectivity index (χ0n) is 18.3. The number of nitrogens with zero attached hydrogens (tertiary/aromatic N) is 5. The van der Waals surface area contributed by atoms with Gasteiger partial charge in [-0.05, 0) is 19.1 Å². The second kappa shape index (κ2) is 8.00. The SMILES string of the molecule is C[C@@H]1CN(c2ccnc3c2CC(OC(=O)C(N)=O)N3c2cc(F)c3nn(C)cc3c2)CCN1. The highest BCUT2D eigenvalue weighted by Gasteiger charge is 2.38. The normalized spacial score (nSPS) is 20.2. The first-order valence-corrected chi connectivity index (χ1v) is 10.7. The van der Waals surface area contributed by atoms with Crippen molar-refractivity contribution in [3.63, 3.8) is 0 Å². The van der Waals surface area contributed by atoms with E-state index in [4.69, 9.17) is 10.5 Å². The van der Waals surface area contributed by atoms with E-state index in [0.717, 1.165) is 30.9 Å². The average molecular weight is 453 g/mol. The molecule has 1 saturated heterocycles. The van der Waals surface area contributed by atoms with Crippen molar-refractivity contribution in [1.82, 2.24) is 20.1 Å². The Balaban J connectivity index is 1.61. The zero-order valence-corrected chi connectivity index (χ0v) is 18.3. The number of aryl methyl sites for hydroxylation is 1. The standard InChI is InChI=1S/C22H24FN7O3/c1-12-10-29(6-5-25-12)17-3-4-26-21-15(17)9-18(33-22(32)20(24)31)30(21)14-7-13-11-28(2)27-19(13)16(23)8-14/h3-4,7-8,11-12,18,25H,5-6,9-10H2,1-2H3,(H2,24,31)/t12-,18?/m1/s1. The van der Waals surface area contributed by atoms with Gasteiger partial charge in [-0.25, -0.2) is 14.2 Å². The first-order chi connectivity index (χ1) is 15.8. The van der Waals surface area contributed by atoms with Crippen LogP contribution in [0.1, 0.15) is 12.5 Å². The van der Waals surface area contributed by atoms with Crippen LogP contribution in [0.4, 0.5) is 21.6 Å². The minimum atomic E-state index is -1.19. The van der Waals surface area contributed by atoms with Crippen LogP contribution in [0.3, 0.4) is 0 Å². The number of piperazine rings is 1. The Morgan fingerprint density at radius 1 is 1.33 bits per heavy atom. The smallest absolute Gasteiger partial charge is 0.398 e. The number of esters is 1. The number of nitrogens with one attached hydrogen (secondary N) is 1. The molecule has 0 bridgehead atoms. The van der Waals surface area contributed by atoms with Crippen molar-refractivity contribution in [3.8, 4) is 0 Å². The number of hydrogen-bond donors (Lipinski definition) is 2. The van der Waals surface area contributed by atoms with Crippen molar-refractivity contribution < 1.29 is 18.7 Å². The summed E-state index contributed by atoms with van der Waals surface area (Å²) in [6.07, 6.45) is 2.77. The lowest BCUT2D eigenvalue weighted by Crippen LogP contribution is -2.49. The van der Waals surface area contributed by atoms with Crippen LogP contribution in [0.5, 0.6) is 0 Å². The summed E-state index contributed by atoms with van der Waals surface area (Å²) in [6, 6.07) is 5.33. The molecule has 11 heteroatoms. The van der Waals surface area contributed by atoms with E-state index in [1.54, 1.807) is 30.4 Å². The van der Waals surface area contributed by atoms with E-state index < -0.39 is 23.9 Å². The fourth-order valence-electron chi connectivity index (χ4n) is 4.63. The van der Waals surface area contributed by atoms with Gasteiger partial charge in [0.1, 0.15) is 11.3 Å². The molecular weight excluding hydrogens is 429 g/mol. The number of nitrogens with two attached hydrogens (primary N) is 1. The molecule has 0 radical (unpaired) electrons. The molecule has 1 aromatic carbocycles. The maximum atomic E-state index is 14.9. The van der Waals surface area contributed by atoms with Gasteiger partial charge in [0.25, 0.3) is 0 Å². The summed E-state index contributed by atoms with van der Waals surface area (Å²) in [7, 11) is 1.71. The van der Waals surface area contributed by atoms with E-state index in [2.05, 4.69) is 27.2 Å². The number of fused-ring (bicyclic) bond motifs is 2. The highest BCUT2D eigenvalue weighted by Crippen LogP contribution is 2.43. The van der Waals surface area contributed by atoms with Crippen LogP contribution in [0.2, 0.25) is 0 Å². The number of carbonyl (C=O) groups excluding carboxylic acids is 2. The average Bonchev–Trinajstić information content (AvgIpc) is 3.33. The predicted octanol–water partition coefficient (Wildman–Crippen LogP) is 0.954. The van der Waals surface area contributed by atoms with E-state index in [-0.39, 0.29) is 11.9 Å². The van der Waals surface area contributed by atoms with Crippen LogP contribution >= 0.6 is 0 Å². The second-order valence-electron chi connectivity index (χ2n) is 8.40. The van der Waals surface area contributed by atoms with Crippen LogP contribution in [-0.4, -0.2) is 58.5 Å². The molecule has 1 fully saturated rings. The number of benzene rings is 1. The van der Waals surface area contributed by atoms with Gasteiger partial charge in [-0.2, -0.15) is 5.10 Å². The van der Waals surface area contributed by atoms with Crippen molar-refractivity contribution in [2.75, 3.05) is 29.4 Å². The Hall–Kier alpha value is -3.73. The molecule has 2 aliphatic rings. The summed E-state index contributed by atoms with van der Waals surface area (Å²) in [5, 5.41) is 8.16. The largest absolute Gasteiger partial charge is 0.434 e. The van der Waals surface area contributed by atoms with Gasteiger partial charge in [0, 0.05) is 79.9 Å². The fourth-order valence-corrected chi connectivity index (χ4v) is 4.63. The molecule has 2 aromatic heterocycles. The molecule has 10 nitrogen and oxygen atoms in total. The number of aromatic nitrogens is 3. The number of hydrogen-bond acceptors (Lipinski definition) is 8. The van der Waals surface area contributed by atoms with Crippen molar-refractivity contribution in [2.24, 2.45) is 12.8 Å². The van der Waals surface area contributed by atoms with E-state index in [1.165, 1.54) is 10.7 Å². The molecule has 4 heterocycles. The van der Waals surface area contributed by atoms with Gasteiger partial charge in [0.15, 0.2) is 12.0 Å². The molecule has 172 valence electrons. The molecule has 33 heavy (non-hydrogen) atoms. The first kappa shape index (κ1) is 21.1. The topological polar surface area (TPSA) is 119 Å². The van der Waals surface area contributed by atoms with Crippen LogP contribution in [0.15, 0.2) is 30.6 Å². The van der Waals surface area contributed by atoms with Crippen molar-refractivity contribution in [3.05, 3.63) is 42.0 Å². The quantitative estimate of drug-likeness (QED) is 0.445. The predicted molar refractivity (Wildman–Crippen MR) is 120 cm³/mol. The number of anilines is 3. The molecule has 0 spiro atoms. The van der Waals surface area contributed by atoms with Crippen molar-refractivity contribution in [1.29, 1.82) is 0 Å². The summed E-state index contributed by atoms with van der Waals surface area (Å²) in [5.41, 5.74) is 7.64. The number of pyridine rings is 1. The third-order valence-corrected chi connectivity index (χ3v) is 6.00. The van der Waals surface area contributed by atoms with Crippen molar-refractivity contribution >= 4 is 40.0 Å². The van der Waals surface area contributed by atoms with E-state index in [9.17, 15) is 14.0 Å². The number of carbonyl (C=O) groups is 2. The summed E-state index contributed by atoms with van der Waals surface area (Å²) in [5.74, 6) is -2.31. The third-order valence-electron chi connectivity index (χ3n) is 6.00. The fraction of sp³-hybridized carbons (Fsp3) is 0.364. The minimum Gasteiger partial charge on any atom is -0.434 e. The monoisotopic (exact) mass is 453 g/mol. The lowest BCUT2D eigenvalue weighted by molar-refractivity contribution is -0.157. The minimum absolute atomic E-state index is 0.239. The second-order valence-corrected chi connectivity index (χ2v) is 8.40. The number of halogens is 1. The Morgan fingerprint density at radius 3 is 2.91 bits per heavy atom. The maximum Gasteiger partial charge on any atom is 0.398 e. The molecule has 1 amide bonds. The maximum absolute atomic E-state index is 14.9. The lowest BCUT2D eigenvalue weighted by atomic mass is 10.1. The van der Waals surface area contributed by atoms with Gasteiger partial charge >= 0.3 is 11.9 Å². The van der Waals surface area contributed by atoms with Gasteiger partial charge in [-0.3, -0.25) is 14.4 Å². The molecule has 3 N–H and O–H groups in total. The van der Waals surface area contributed by atoms with Gasteiger partial charge in [0.05, 0.1) is 0 Å². The Morgan fingerprint density at radius 2 is 2.15 bits per heavy atom. The summed E-state index contributed by atoms with van der Waals surface area (Å²) in [4.78, 5) is 31.9. The Labute approximate surface area is 189 Å². The Bertz CT molecular complexity index is 1260. The number of rotatable bonds is 3. The summed E-state index contributed by atoms with van der Waals surface area (Å²) in [6.45, 7) is 4.56. The van der Waals surface area contributed by atoms with Crippen molar-refractivity contribution in [2.45, 2.75) is 25.6 Å². The van der Waals surface area contributed by atoms with Gasteiger partial charge < -0.3 is 20.7 Å². The van der Waals surface area contributed by atoms with Gasteiger partial charge in [0.2, 0.25) is 0 Å². The highest BCUT2D eigenvalue weighted by atomic mass is 19.1. The summed E-state index contributed by atoms with van der Waals surface area (Å²) < 4.78 is 21.9. The van der Waals surface area contributed by atoms with E-state index in [1.807, 2.05) is 6.07 Å². The third kappa shape index (κ3) is 3.74. The molecular formula is C22H24FN7O3. The van der Waals surface area contributed by atoms with Crippen LogP contribution < -0.4 is 20.9 Å². The molecule has 0 aliphatic carbocycles. The molecule has 2 aliphatic heterocycles. The van der Waals surface area contributed by atoms with E-state index >= 15 is 0 Å². The summed E-state index contributed by atoms with van der Waals surface area (Å²) >= 11 is 0. The highest BCUT2D eigenvalue weighted by molar-refractivity contribution is 6.31. The van der Waals surface area contributed by atoms with Crippen LogP contribution in [0, 0.1) is 5.82 Å². The number of amides is 1. The zero-order chi connectivity index (χ0) is 23.3. The number of primary amides is 1. The van der Waals surface area contributed by atoms with Crippen LogP contribution in [0.25, 0.3) is 10.9 Å². The lowest BCUT2D eigenvalue weighted by Gasteiger charge is -2.34. The molecule has 1 unspecified atom stereocenters. The Kier molecular flexibility index (Phi) is 5.12. The van der Waals surface area contributed by atoms with E-state index in [0.29, 0.717) is 22.9 Å². The van der Waals surface area contributed by atoms with Gasteiger partial charge in [-0.15, -0.1) is 0 Å². The number of ether oxygens (including phenoxy) is 1.